The van der Waals surface area contributed by atoms with E-state index >= 15 is 0 Å². The number of alkyl carbamates (subject to hydrolysis) is 1. The molecule has 7 heteroatoms. The number of amides is 3. The van der Waals surface area contributed by atoms with Gasteiger partial charge in [0.1, 0.15) is 17.7 Å². The molecule has 3 aromatic rings. The molecule has 41 heavy (non-hydrogen) atoms. The van der Waals surface area contributed by atoms with Crippen LogP contribution < -0.4 is 10.6 Å². The summed E-state index contributed by atoms with van der Waals surface area (Å²) in [6.45, 7) is 13.4. The van der Waals surface area contributed by atoms with Crippen molar-refractivity contribution in [2.75, 3.05) is 5.32 Å². The number of benzene rings is 3. The smallest absolute Gasteiger partial charge is 0.408 e. The lowest BCUT2D eigenvalue weighted by atomic mass is 9.94. The van der Waals surface area contributed by atoms with Gasteiger partial charge < -0.3 is 20.3 Å². The molecule has 1 fully saturated rings. The van der Waals surface area contributed by atoms with Gasteiger partial charge in [-0.15, -0.1) is 0 Å². The van der Waals surface area contributed by atoms with Crippen molar-refractivity contribution >= 4 is 34.4 Å². The van der Waals surface area contributed by atoms with Gasteiger partial charge in [0, 0.05) is 11.7 Å². The first-order chi connectivity index (χ1) is 19.3. The van der Waals surface area contributed by atoms with Crippen molar-refractivity contribution in [3.8, 4) is 0 Å². The van der Waals surface area contributed by atoms with Crippen LogP contribution in [0.5, 0.6) is 0 Å². The van der Waals surface area contributed by atoms with Gasteiger partial charge in [-0.05, 0) is 99.4 Å². The van der Waals surface area contributed by atoms with E-state index in [1.165, 1.54) is 0 Å². The lowest BCUT2D eigenvalue weighted by molar-refractivity contribution is -0.141. The van der Waals surface area contributed by atoms with Gasteiger partial charge in [0.25, 0.3) is 5.91 Å². The molecule has 0 aromatic heterocycles. The first kappa shape index (κ1) is 30.1. The van der Waals surface area contributed by atoms with Gasteiger partial charge >= 0.3 is 6.09 Å². The van der Waals surface area contributed by atoms with Gasteiger partial charge in [-0.2, -0.15) is 0 Å². The molecule has 3 aromatic carbocycles. The first-order valence-electron chi connectivity index (χ1n) is 14.5. The molecule has 0 spiro atoms. The van der Waals surface area contributed by atoms with Crippen LogP contribution in [0.4, 0.5) is 10.5 Å². The molecule has 3 amide bonds. The standard InChI is InChI=1S/C34H43N3O4/c1-21(2)19-29(36-33(40)41-34(5,6)7)32(39)37(27-17-18-27)30(28-14-10-11-22(3)23(28)4)31(38)35-26-16-15-24-12-8-9-13-25(24)20-26/h8-16,20-21,27,29-30H,17-19H2,1-7H3,(H,35,38)(H,36,40). The Kier molecular flexibility index (Phi) is 9.05. The van der Waals surface area contributed by atoms with Crippen molar-refractivity contribution < 1.29 is 19.1 Å². The third-order valence-electron chi connectivity index (χ3n) is 7.38. The minimum atomic E-state index is -0.864. The van der Waals surface area contributed by atoms with Crippen molar-refractivity contribution in [3.63, 3.8) is 0 Å². The molecule has 2 atom stereocenters. The van der Waals surface area contributed by atoms with Crippen LogP contribution in [0.15, 0.2) is 60.7 Å². The van der Waals surface area contributed by atoms with Gasteiger partial charge in [-0.3, -0.25) is 9.59 Å². The minimum absolute atomic E-state index is 0.0927. The quantitative estimate of drug-likeness (QED) is 0.295. The molecule has 1 saturated carbocycles. The summed E-state index contributed by atoms with van der Waals surface area (Å²) in [6, 6.07) is 17.9. The molecule has 218 valence electrons. The number of aryl methyl sites for hydroxylation is 1. The van der Waals surface area contributed by atoms with E-state index in [0.29, 0.717) is 12.1 Å². The molecule has 2 unspecified atom stereocenters. The van der Waals surface area contributed by atoms with E-state index in [1.807, 2.05) is 88.4 Å². The minimum Gasteiger partial charge on any atom is -0.444 e. The Balaban J connectivity index is 1.73. The molecule has 0 radical (unpaired) electrons. The third-order valence-corrected chi connectivity index (χ3v) is 7.38. The fraction of sp³-hybridized carbons (Fsp3) is 0.441. The maximum Gasteiger partial charge on any atom is 0.408 e. The van der Waals surface area contributed by atoms with Gasteiger partial charge in [0.05, 0.1) is 0 Å². The maximum atomic E-state index is 14.4. The molecule has 0 bridgehead atoms. The van der Waals surface area contributed by atoms with Crippen LogP contribution in [0.2, 0.25) is 0 Å². The van der Waals surface area contributed by atoms with Gasteiger partial charge in [0.2, 0.25) is 5.91 Å². The number of fused-ring (bicyclic) bond motifs is 1. The van der Waals surface area contributed by atoms with Crippen LogP contribution in [-0.4, -0.2) is 40.5 Å². The van der Waals surface area contributed by atoms with Crippen LogP contribution in [0.1, 0.15) is 76.6 Å². The zero-order chi connectivity index (χ0) is 29.9. The zero-order valence-electron chi connectivity index (χ0n) is 25.3. The predicted molar refractivity (Wildman–Crippen MR) is 164 cm³/mol. The van der Waals surface area contributed by atoms with Crippen LogP contribution in [0.25, 0.3) is 10.8 Å². The summed E-state index contributed by atoms with van der Waals surface area (Å²) in [7, 11) is 0. The fourth-order valence-corrected chi connectivity index (χ4v) is 5.16. The lowest BCUT2D eigenvalue weighted by Crippen LogP contribution is -2.53. The van der Waals surface area contributed by atoms with E-state index in [9.17, 15) is 14.4 Å². The largest absolute Gasteiger partial charge is 0.444 e. The number of nitrogens with zero attached hydrogens (tertiary/aromatic N) is 1. The van der Waals surface area contributed by atoms with Crippen LogP contribution in [0, 0.1) is 19.8 Å². The SMILES string of the molecule is Cc1cccc(C(C(=O)Nc2ccc3ccccc3c2)N(C(=O)C(CC(C)C)NC(=O)OC(C)(C)C)C2CC2)c1C. The summed E-state index contributed by atoms with van der Waals surface area (Å²) in [5, 5.41) is 8.02. The van der Waals surface area contributed by atoms with Crippen LogP contribution >= 0.6 is 0 Å². The summed E-state index contributed by atoms with van der Waals surface area (Å²) >= 11 is 0. The highest BCUT2D eigenvalue weighted by molar-refractivity contribution is 6.00. The molecular weight excluding hydrogens is 514 g/mol. The normalized spacial score (nSPS) is 14.8. The van der Waals surface area contributed by atoms with E-state index in [4.69, 9.17) is 4.74 Å². The molecule has 1 aliphatic rings. The Morgan fingerprint density at radius 2 is 1.63 bits per heavy atom. The van der Waals surface area contributed by atoms with E-state index in [2.05, 4.69) is 10.6 Å². The molecular formula is C34H43N3O4. The number of hydrogen-bond donors (Lipinski definition) is 2. The Morgan fingerprint density at radius 3 is 2.27 bits per heavy atom. The average molecular weight is 558 g/mol. The monoisotopic (exact) mass is 557 g/mol. The van der Waals surface area contributed by atoms with Gasteiger partial charge in [0.15, 0.2) is 0 Å². The number of ether oxygens (including phenoxy) is 1. The summed E-state index contributed by atoms with van der Waals surface area (Å²) in [6.07, 6.45) is 1.39. The Bertz CT molecular complexity index is 1420. The number of hydrogen-bond acceptors (Lipinski definition) is 4. The molecule has 0 aliphatic heterocycles. The second-order valence-electron chi connectivity index (χ2n) is 12.5. The highest BCUT2D eigenvalue weighted by atomic mass is 16.6. The topological polar surface area (TPSA) is 87.7 Å². The molecule has 0 saturated heterocycles. The van der Waals surface area contributed by atoms with Crippen molar-refractivity contribution in [3.05, 3.63) is 77.4 Å². The fourth-order valence-electron chi connectivity index (χ4n) is 5.16. The number of nitrogens with one attached hydrogen (secondary N) is 2. The summed E-state index contributed by atoms with van der Waals surface area (Å²) in [5.74, 6) is -0.424. The lowest BCUT2D eigenvalue weighted by Gasteiger charge is -2.36. The number of carbonyl (C=O) groups is 3. The van der Waals surface area contributed by atoms with Gasteiger partial charge in [-0.25, -0.2) is 4.79 Å². The molecule has 4 rings (SSSR count). The Morgan fingerprint density at radius 1 is 0.951 bits per heavy atom. The highest BCUT2D eigenvalue weighted by Crippen LogP contribution is 2.38. The highest BCUT2D eigenvalue weighted by Gasteiger charge is 2.44. The van der Waals surface area contributed by atoms with E-state index in [-0.39, 0.29) is 23.8 Å². The van der Waals surface area contributed by atoms with Crippen molar-refractivity contribution in [2.24, 2.45) is 5.92 Å². The number of rotatable bonds is 9. The van der Waals surface area contributed by atoms with Gasteiger partial charge in [-0.1, -0.05) is 62.4 Å². The molecule has 0 heterocycles. The molecule has 7 nitrogen and oxygen atoms in total. The first-order valence-corrected chi connectivity index (χ1v) is 14.5. The number of anilines is 1. The molecule has 1 aliphatic carbocycles. The summed E-state index contributed by atoms with van der Waals surface area (Å²) in [5.41, 5.74) is 2.75. The zero-order valence-corrected chi connectivity index (χ0v) is 25.3. The van der Waals surface area contributed by atoms with E-state index in [1.54, 1.807) is 25.7 Å². The van der Waals surface area contributed by atoms with Crippen LogP contribution in [0.3, 0.4) is 0 Å². The maximum absolute atomic E-state index is 14.4. The summed E-state index contributed by atoms with van der Waals surface area (Å²) in [4.78, 5) is 43.1. The van der Waals surface area contributed by atoms with Crippen LogP contribution in [-0.2, 0) is 14.3 Å². The Labute approximate surface area is 243 Å². The second-order valence-corrected chi connectivity index (χ2v) is 12.5. The van der Waals surface area contributed by atoms with E-state index in [0.717, 1.165) is 40.3 Å². The predicted octanol–water partition coefficient (Wildman–Crippen LogP) is 7.07. The summed E-state index contributed by atoms with van der Waals surface area (Å²) < 4.78 is 5.50. The van der Waals surface area contributed by atoms with E-state index < -0.39 is 23.8 Å². The van der Waals surface area contributed by atoms with Crippen molar-refractivity contribution in [1.29, 1.82) is 0 Å². The second kappa shape index (κ2) is 12.3. The Hall–Kier alpha value is -3.87. The number of carbonyl (C=O) groups excluding carboxylic acids is 3. The molecule has 2 N–H and O–H groups in total. The third kappa shape index (κ3) is 7.66. The average Bonchev–Trinajstić information content (AvgIpc) is 3.72. The van der Waals surface area contributed by atoms with Crippen molar-refractivity contribution in [2.45, 2.75) is 91.5 Å². The van der Waals surface area contributed by atoms with Crippen molar-refractivity contribution in [1.82, 2.24) is 10.2 Å².